The van der Waals surface area contributed by atoms with Gasteiger partial charge in [-0.25, -0.2) is 9.97 Å². The number of nitrogens with one attached hydrogen (secondary N) is 2. The standard InChI is InChI=1S/C10H11N5O2/c1-17-10-7(3-2-4-11-10)5-12-9(16)8-13-6-14-15-8/h2-4,6H,5H2,1H3,(H,12,16)(H,13,14,15). The molecule has 0 aliphatic rings. The largest absolute Gasteiger partial charge is 0.481 e. The van der Waals surface area contributed by atoms with Crippen LogP contribution in [0.25, 0.3) is 0 Å². The molecule has 0 unspecified atom stereocenters. The Labute approximate surface area is 97.2 Å². The third-order valence-electron chi connectivity index (χ3n) is 2.11. The Balaban J connectivity index is 2.00. The molecule has 2 rings (SSSR count). The first-order valence-electron chi connectivity index (χ1n) is 4.92. The van der Waals surface area contributed by atoms with E-state index in [2.05, 4.69) is 25.5 Å². The van der Waals surface area contributed by atoms with Gasteiger partial charge >= 0.3 is 0 Å². The van der Waals surface area contributed by atoms with Gasteiger partial charge in [0.1, 0.15) is 6.33 Å². The van der Waals surface area contributed by atoms with E-state index in [1.165, 1.54) is 13.4 Å². The summed E-state index contributed by atoms with van der Waals surface area (Å²) < 4.78 is 5.07. The average molecular weight is 233 g/mol. The number of ether oxygens (including phenoxy) is 1. The van der Waals surface area contributed by atoms with Gasteiger partial charge in [0, 0.05) is 18.3 Å². The lowest BCUT2D eigenvalue weighted by Gasteiger charge is -2.07. The Kier molecular flexibility index (Phi) is 3.29. The van der Waals surface area contributed by atoms with E-state index in [1.54, 1.807) is 12.3 Å². The molecule has 0 spiro atoms. The van der Waals surface area contributed by atoms with Gasteiger partial charge in [0.15, 0.2) is 0 Å². The van der Waals surface area contributed by atoms with Gasteiger partial charge in [0.2, 0.25) is 11.7 Å². The zero-order chi connectivity index (χ0) is 12.1. The molecule has 0 saturated heterocycles. The fraction of sp³-hybridized carbons (Fsp3) is 0.200. The molecule has 0 aliphatic heterocycles. The first kappa shape index (κ1) is 11.1. The molecule has 2 N–H and O–H groups in total. The van der Waals surface area contributed by atoms with Crippen molar-refractivity contribution in [2.24, 2.45) is 0 Å². The molecule has 2 aromatic heterocycles. The number of hydrogen-bond donors (Lipinski definition) is 2. The minimum Gasteiger partial charge on any atom is -0.481 e. The first-order chi connectivity index (χ1) is 8.31. The third-order valence-corrected chi connectivity index (χ3v) is 2.11. The van der Waals surface area contributed by atoms with Crippen LogP contribution in [0.2, 0.25) is 0 Å². The predicted octanol–water partition coefficient (Wildman–Crippen LogP) is 0.138. The van der Waals surface area contributed by atoms with Crippen molar-refractivity contribution in [2.75, 3.05) is 7.11 Å². The minimum absolute atomic E-state index is 0.174. The van der Waals surface area contributed by atoms with Crippen LogP contribution in [0.4, 0.5) is 0 Å². The van der Waals surface area contributed by atoms with E-state index in [0.717, 1.165) is 5.56 Å². The van der Waals surface area contributed by atoms with Crippen molar-refractivity contribution in [1.29, 1.82) is 0 Å². The average Bonchev–Trinajstić information content (AvgIpc) is 2.90. The molecular formula is C10H11N5O2. The van der Waals surface area contributed by atoms with Crippen LogP contribution >= 0.6 is 0 Å². The van der Waals surface area contributed by atoms with E-state index in [-0.39, 0.29) is 11.7 Å². The number of pyridine rings is 1. The van der Waals surface area contributed by atoms with Crippen LogP contribution < -0.4 is 10.1 Å². The molecule has 2 aromatic rings. The number of H-pyrrole nitrogens is 1. The van der Waals surface area contributed by atoms with Crippen LogP contribution in [0.3, 0.4) is 0 Å². The van der Waals surface area contributed by atoms with Gasteiger partial charge < -0.3 is 10.1 Å². The Hall–Kier alpha value is -2.44. The summed E-state index contributed by atoms with van der Waals surface area (Å²) >= 11 is 0. The van der Waals surface area contributed by atoms with Crippen molar-refractivity contribution in [3.05, 3.63) is 36.0 Å². The Morgan fingerprint density at radius 1 is 1.53 bits per heavy atom. The van der Waals surface area contributed by atoms with Gasteiger partial charge in [-0.05, 0) is 6.07 Å². The van der Waals surface area contributed by atoms with Gasteiger partial charge in [0.25, 0.3) is 5.91 Å². The number of hydrogen-bond acceptors (Lipinski definition) is 5. The molecule has 0 fully saturated rings. The van der Waals surface area contributed by atoms with Crippen LogP contribution in [0.5, 0.6) is 5.88 Å². The second-order valence-corrected chi connectivity index (χ2v) is 3.19. The fourth-order valence-electron chi connectivity index (χ4n) is 1.32. The van der Waals surface area contributed by atoms with Crippen LogP contribution in [0.15, 0.2) is 24.7 Å². The molecule has 0 atom stereocenters. The van der Waals surface area contributed by atoms with Gasteiger partial charge in [-0.3, -0.25) is 9.89 Å². The zero-order valence-electron chi connectivity index (χ0n) is 9.17. The number of methoxy groups -OCH3 is 1. The van der Waals surface area contributed by atoms with Crippen LogP contribution in [-0.4, -0.2) is 33.2 Å². The predicted molar refractivity (Wildman–Crippen MR) is 58.3 cm³/mol. The highest BCUT2D eigenvalue weighted by atomic mass is 16.5. The number of carbonyl (C=O) groups is 1. The number of carbonyl (C=O) groups excluding carboxylic acids is 1. The molecule has 7 nitrogen and oxygen atoms in total. The zero-order valence-corrected chi connectivity index (χ0v) is 9.17. The van der Waals surface area contributed by atoms with Crippen LogP contribution in [-0.2, 0) is 6.54 Å². The molecule has 0 aromatic carbocycles. The van der Waals surface area contributed by atoms with E-state index in [9.17, 15) is 4.79 Å². The smallest absolute Gasteiger partial charge is 0.288 e. The van der Waals surface area contributed by atoms with E-state index < -0.39 is 0 Å². The summed E-state index contributed by atoms with van der Waals surface area (Å²) in [7, 11) is 1.53. The van der Waals surface area contributed by atoms with Crippen molar-refractivity contribution >= 4 is 5.91 Å². The number of aromatic amines is 1. The summed E-state index contributed by atoms with van der Waals surface area (Å²) in [6, 6.07) is 3.60. The fourth-order valence-corrected chi connectivity index (χ4v) is 1.32. The SMILES string of the molecule is COc1ncccc1CNC(=O)c1ncn[nH]1. The third kappa shape index (κ3) is 2.57. The lowest BCUT2D eigenvalue weighted by Crippen LogP contribution is -2.24. The Morgan fingerprint density at radius 3 is 3.12 bits per heavy atom. The highest BCUT2D eigenvalue weighted by Crippen LogP contribution is 2.12. The van der Waals surface area contributed by atoms with Crippen molar-refractivity contribution in [3.8, 4) is 5.88 Å². The molecule has 0 bridgehead atoms. The van der Waals surface area contributed by atoms with Gasteiger partial charge in [-0.2, -0.15) is 5.10 Å². The summed E-state index contributed by atoms with van der Waals surface area (Å²) in [5.41, 5.74) is 0.794. The molecule has 7 heteroatoms. The summed E-state index contributed by atoms with van der Waals surface area (Å²) in [4.78, 5) is 19.3. The lowest BCUT2D eigenvalue weighted by molar-refractivity contribution is 0.0940. The van der Waals surface area contributed by atoms with Gasteiger partial charge in [0.05, 0.1) is 7.11 Å². The topological polar surface area (TPSA) is 92.8 Å². The lowest BCUT2D eigenvalue weighted by atomic mass is 10.2. The van der Waals surface area contributed by atoms with Crippen molar-refractivity contribution in [2.45, 2.75) is 6.54 Å². The van der Waals surface area contributed by atoms with E-state index in [4.69, 9.17) is 4.74 Å². The quantitative estimate of drug-likeness (QED) is 0.783. The van der Waals surface area contributed by atoms with Crippen molar-refractivity contribution in [3.63, 3.8) is 0 Å². The number of nitrogens with zero attached hydrogens (tertiary/aromatic N) is 3. The molecule has 88 valence electrons. The molecular weight excluding hydrogens is 222 g/mol. The molecule has 2 heterocycles. The first-order valence-corrected chi connectivity index (χ1v) is 4.92. The van der Waals surface area contributed by atoms with E-state index in [1.807, 2.05) is 6.07 Å². The Morgan fingerprint density at radius 2 is 2.41 bits per heavy atom. The van der Waals surface area contributed by atoms with Crippen molar-refractivity contribution < 1.29 is 9.53 Å². The summed E-state index contributed by atoms with van der Waals surface area (Å²) in [5.74, 6) is 0.339. The molecule has 17 heavy (non-hydrogen) atoms. The maximum Gasteiger partial charge on any atom is 0.288 e. The minimum atomic E-state index is -0.326. The highest BCUT2D eigenvalue weighted by Gasteiger charge is 2.09. The summed E-state index contributed by atoms with van der Waals surface area (Å²) in [5, 5.41) is 8.76. The molecule has 0 saturated carbocycles. The monoisotopic (exact) mass is 233 g/mol. The van der Waals surface area contributed by atoms with E-state index >= 15 is 0 Å². The highest BCUT2D eigenvalue weighted by molar-refractivity contribution is 5.90. The summed E-state index contributed by atoms with van der Waals surface area (Å²) in [6.07, 6.45) is 2.90. The second kappa shape index (κ2) is 5.06. The number of aromatic nitrogens is 4. The second-order valence-electron chi connectivity index (χ2n) is 3.19. The van der Waals surface area contributed by atoms with Crippen LogP contribution in [0, 0.1) is 0 Å². The van der Waals surface area contributed by atoms with Gasteiger partial charge in [-0.15, -0.1) is 0 Å². The maximum absolute atomic E-state index is 11.6. The van der Waals surface area contributed by atoms with Crippen molar-refractivity contribution in [1.82, 2.24) is 25.5 Å². The normalized spacial score (nSPS) is 9.94. The Bertz CT molecular complexity index is 497. The number of rotatable bonds is 4. The number of amides is 1. The van der Waals surface area contributed by atoms with Crippen LogP contribution in [0.1, 0.15) is 16.2 Å². The van der Waals surface area contributed by atoms with Gasteiger partial charge in [-0.1, -0.05) is 6.07 Å². The molecule has 0 aliphatic carbocycles. The molecule has 1 amide bonds. The molecule has 0 radical (unpaired) electrons. The maximum atomic E-state index is 11.6. The van der Waals surface area contributed by atoms with E-state index in [0.29, 0.717) is 12.4 Å². The summed E-state index contributed by atoms with van der Waals surface area (Å²) in [6.45, 7) is 0.316.